The van der Waals surface area contributed by atoms with Crippen LogP contribution in [0.15, 0.2) is 18.2 Å². The predicted octanol–water partition coefficient (Wildman–Crippen LogP) is 3.73. The summed E-state index contributed by atoms with van der Waals surface area (Å²) in [4.78, 5) is 10.5. The van der Waals surface area contributed by atoms with Crippen molar-refractivity contribution in [1.82, 2.24) is 0 Å². The van der Waals surface area contributed by atoms with Crippen LogP contribution in [0.1, 0.15) is 38.2 Å². The SMILES string of the molecule is CCNc1ccc([N+](=O)[O-])cc1COCC1CCCC1. The van der Waals surface area contributed by atoms with Gasteiger partial charge in [-0.05, 0) is 31.7 Å². The standard InChI is InChI=1S/C15H22N2O3/c1-2-16-15-8-7-14(17(18)19)9-13(15)11-20-10-12-5-3-4-6-12/h7-9,12,16H,2-6,10-11H2,1H3. The zero-order valence-corrected chi connectivity index (χ0v) is 11.9. The van der Waals surface area contributed by atoms with Crippen molar-refractivity contribution in [1.29, 1.82) is 0 Å². The molecule has 0 saturated heterocycles. The summed E-state index contributed by atoms with van der Waals surface area (Å²) in [6.45, 7) is 3.98. The number of benzene rings is 1. The third-order valence-electron chi connectivity index (χ3n) is 3.75. The largest absolute Gasteiger partial charge is 0.385 e. The Morgan fingerprint density at radius 1 is 1.40 bits per heavy atom. The molecule has 0 radical (unpaired) electrons. The normalized spacial score (nSPS) is 15.4. The van der Waals surface area contributed by atoms with Gasteiger partial charge in [0, 0.05) is 36.5 Å². The van der Waals surface area contributed by atoms with Crippen LogP contribution in [-0.2, 0) is 11.3 Å². The summed E-state index contributed by atoms with van der Waals surface area (Å²) in [6.07, 6.45) is 5.09. The first-order valence-corrected chi connectivity index (χ1v) is 7.29. The number of anilines is 1. The number of nitrogens with zero attached hydrogens (tertiary/aromatic N) is 1. The number of rotatable bonds is 7. The molecule has 5 nitrogen and oxygen atoms in total. The van der Waals surface area contributed by atoms with Crippen molar-refractivity contribution in [3.05, 3.63) is 33.9 Å². The highest BCUT2D eigenvalue weighted by Gasteiger charge is 2.16. The lowest BCUT2D eigenvalue weighted by Gasteiger charge is -2.13. The van der Waals surface area contributed by atoms with Gasteiger partial charge in [0.1, 0.15) is 0 Å². The van der Waals surface area contributed by atoms with Crippen LogP contribution in [0.4, 0.5) is 11.4 Å². The topological polar surface area (TPSA) is 64.4 Å². The van der Waals surface area contributed by atoms with Crippen LogP contribution in [-0.4, -0.2) is 18.1 Å². The van der Waals surface area contributed by atoms with E-state index in [2.05, 4.69) is 5.32 Å². The van der Waals surface area contributed by atoms with Crippen molar-refractivity contribution >= 4 is 11.4 Å². The summed E-state index contributed by atoms with van der Waals surface area (Å²) in [5.41, 5.74) is 1.90. The molecular weight excluding hydrogens is 256 g/mol. The second kappa shape index (κ2) is 7.24. The second-order valence-electron chi connectivity index (χ2n) is 5.29. The van der Waals surface area contributed by atoms with Gasteiger partial charge in [0.25, 0.3) is 5.69 Å². The molecule has 0 aliphatic heterocycles. The van der Waals surface area contributed by atoms with E-state index in [9.17, 15) is 10.1 Å². The molecule has 20 heavy (non-hydrogen) atoms. The van der Waals surface area contributed by atoms with Gasteiger partial charge in [0.15, 0.2) is 0 Å². The Kier molecular flexibility index (Phi) is 5.35. The van der Waals surface area contributed by atoms with Crippen LogP contribution in [0, 0.1) is 16.0 Å². The van der Waals surface area contributed by atoms with Gasteiger partial charge in [-0.1, -0.05) is 12.8 Å². The van der Waals surface area contributed by atoms with Gasteiger partial charge in [-0.3, -0.25) is 10.1 Å². The lowest BCUT2D eigenvalue weighted by molar-refractivity contribution is -0.384. The van der Waals surface area contributed by atoms with Gasteiger partial charge < -0.3 is 10.1 Å². The van der Waals surface area contributed by atoms with Crippen molar-refractivity contribution in [2.75, 3.05) is 18.5 Å². The molecular formula is C15H22N2O3. The zero-order chi connectivity index (χ0) is 14.4. The van der Waals surface area contributed by atoms with E-state index in [0.717, 1.165) is 24.4 Å². The summed E-state index contributed by atoms with van der Waals surface area (Å²) in [7, 11) is 0. The molecule has 0 amide bonds. The molecule has 0 heterocycles. The first-order valence-electron chi connectivity index (χ1n) is 7.29. The molecule has 1 aromatic rings. The lowest BCUT2D eigenvalue weighted by atomic mass is 10.1. The van der Waals surface area contributed by atoms with E-state index in [1.165, 1.54) is 31.7 Å². The molecule has 0 aromatic heterocycles. The summed E-state index contributed by atoms with van der Waals surface area (Å²) in [5.74, 6) is 0.663. The number of hydrogen-bond acceptors (Lipinski definition) is 4. The van der Waals surface area contributed by atoms with Crippen LogP contribution in [0.3, 0.4) is 0 Å². The molecule has 0 bridgehead atoms. The molecule has 5 heteroatoms. The molecule has 2 rings (SSSR count). The summed E-state index contributed by atoms with van der Waals surface area (Å²) < 4.78 is 5.76. The summed E-state index contributed by atoms with van der Waals surface area (Å²) in [5, 5.41) is 14.1. The summed E-state index contributed by atoms with van der Waals surface area (Å²) in [6, 6.07) is 4.89. The van der Waals surface area contributed by atoms with E-state index < -0.39 is 0 Å². The van der Waals surface area contributed by atoms with E-state index >= 15 is 0 Å². The number of nitrogens with one attached hydrogen (secondary N) is 1. The third-order valence-corrected chi connectivity index (χ3v) is 3.75. The Morgan fingerprint density at radius 3 is 2.80 bits per heavy atom. The molecule has 1 aliphatic carbocycles. The summed E-state index contributed by atoms with van der Waals surface area (Å²) >= 11 is 0. The maximum Gasteiger partial charge on any atom is 0.269 e. The fourth-order valence-electron chi connectivity index (χ4n) is 2.69. The monoisotopic (exact) mass is 278 g/mol. The molecule has 1 N–H and O–H groups in total. The number of ether oxygens (including phenoxy) is 1. The zero-order valence-electron chi connectivity index (χ0n) is 11.9. The maximum atomic E-state index is 10.8. The Morgan fingerprint density at radius 2 is 2.15 bits per heavy atom. The van der Waals surface area contributed by atoms with Gasteiger partial charge in [0.05, 0.1) is 11.5 Å². The minimum absolute atomic E-state index is 0.117. The predicted molar refractivity (Wildman–Crippen MR) is 78.9 cm³/mol. The maximum absolute atomic E-state index is 10.8. The fraction of sp³-hybridized carbons (Fsp3) is 0.600. The highest BCUT2D eigenvalue weighted by molar-refractivity contribution is 5.55. The number of hydrogen-bond donors (Lipinski definition) is 1. The van der Waals surface area contributed by atoms with E-state index in [1.807, 2.05) is 6.92 Å². The van der Waals surface area contributed by atoms with Crippen LogP contribution < -0.4 is 5.32 Å². The van der Waals surface area contributed by atoms with Crippen LogP contribution >= 0.6 is 0 Å². The van der Waals surface area contributed by atoms with Gasteiger partial charge in [-0.2, -0.15) is 0 Å². The highest BCUT2D eigenvalue weighted by atomic mass is 16.6. The van der Waals surface area contributed by atoms with Gasteiger partial charge in [0.2, 0.25) is 0 Å². The lowest BCUT2D eigenvalue weighted by Crippen LogP contribution is -2.08. The first kappa shape index (κ1) is 14.8. The van der Waals surface area contributed by atoms with Crippen LogP contribution in [0.2, 0.25) is 0 Å². The van der Waals surface area contributed by atoms with E-state index in [1.54, 1.807) is 12.1 Å². The van der Waals surface area contributed by atoms with Gasteiger partial charge in [-0.15, -0.1) is 0 Å². The quantitative estimate of drug-likeness (QED) is 0.609. The van der Waals surface area contributed by atoms with Crippen LogP contribution in [0.25, 0.3) is 0 Å². The molecule has 1 aliphatic rings. The third kappa shape index (κ3) is 3.93. The molecule has 1 saturated carbocycles. The van der Waals surface area contributed by atoms with Crippen molar-refractivity contribution in [2.45, 2.75) is 39.2 Å². The molecule has 1 aromatic carbocycles. The van der Waals surface area contributed by atoms with Crippen molar-refractivity contribution in [3.8, 4) is 0 Å². The van der Waals surface area contributed by atoms with Crippen molar-refractivity contribution < 1.29 is 9.66 Å². The number of non-ortho nitro benzene ring substituents is 1. The van der Waals surface area contributed by atoms with Gasteiger partial charge in [-0.25, -0.2) is 0 Å². The Bertz CT molecular complexity index is 456. The highest BCUT2D eigenvalue weighted by Crippen LogP contribution is 2.26. The fourth-order valence-corrected chi connectivity index (χ4v) is 2.69. The minimum Gasteiger partial charge on any atom is -0.385 e. The van der Waals surface area contributed by atoms with E-state index in [0.29, 0.717) is 12.5 Å². The Labute approximate surface area is 119 Å². The van der Waals surface area contributed by atoms with Crippen molar-refractivity contribution in [3.63, 3.8) is 0 Å². The number of nitro groups is 1. The van der Waals surface area contributed by atoms with E-state index in [-0.39, 0.29) is 10.6 Å². The molecule has 0 atom stereocenters. The smallest absolute Gasteiger partial charge is 0.269 e. The minimum atomic E-state index is -0.365. The second-order valence-corrected chi connectivity index (χ2v) is 5.29. The van der Waals surface area contributed by atoms with Crippen LogP contribution in [0.5, 0.6) is 0 Å². The molecule has 0 spiro atoms. The number of nitro benzene ring substituents is 1. The molecule has 0 unspecified atom stereocenters. The Hall–Kier alpha value is -1.62. The first-order chi connectivity index (χ1) is 9.70. The van der Waals surface area contributed by atoms with E-state index in [4.69, 9.17) is 4.74 Å². The molecule has 1 fully saturated rings. The van der Waals surface area contributed by atoms with Crippen molar-refractivity contribution in [2.24, 2.45) is 5.92 Å². The average Bonchev–Trinajstić information content (AvgIpc) is 2.93. The molecule has 110 valence electrons. The Balaban J connectivity index is 1.98. The van der Waals surface area contributed by atoms with Gasteiger partial charge >= 0.3 is 0 Å². The average molecular weight is 278 g/mol.